The van der Waals surface area contributed by atoms with Crippen molar-refractivity contribution in [2.75, 3.05) is 12.4 Å². The number of ether oxygens (including phenoxy) is 1. The molecule has 8 heteroatoms. The van der Waals surface area contributed by atoms with Crippen LogP contribution in [0.5, 0.6) is 0 Å². The molecule has 0 aliphatic heterocycles. The number of benzene rings is 1. The fourth-order valence-corrected chi connectivity index (χ4v) is 3.08. The van der Waals surface area contributed by atoms with Gasteiger partial charge in [0.1, 0.15) is 16.8 Å². The smallest absolute Gasteiger partial charge is 0.221 e. The number of aromatic nitrogens is 3. The summed E-state index contributed by atoms with van der Waals surface area (Å²) in [4.78, 5) is 16.3. The quantitative estimate of drug-likeness (QED) is 0.794. The minimum atomic E-state index is -0.153. The highest BCUT2D eigenvalue weighted by Crippen LogP contribution is 2.28. The predicted molar refractivity (Wildman–Crippen MR) is 86.0 cm³/mol. The maximum Gasteiger partial charge on any atom is 0.221 e. The van der Waals surface area contributed by atoms with Crippen LogP contribution in [0.15, 0.2) is 24.3 Å². The number of amides is 1. The minimum Gasteiger partial charge on any atom is -0.377 e. The van der Waals surface area contributed by atoms with E-state index in [9.17, 15) is 10.1 Å². The van der Waals surface area contributed by atoms with Crippen molar-refractivity contribution >= 4 is 27.9 Å². The van der Waals surface area contributed by atoms with Gasteiger partial charge in [0.05, 0.1) is 6.61 Å². The normalized spacial score (nSPS) is 10.7. The lowest BCUT2D eigenvalue weighted by Gasteiger charge is -2.04. The first kappa shape index (κ1) is 15.1. The lowest BCUT2D eigenvalue weighted by Crippen LogP contribution is -2.05. The van der Waals surface area contributed by atoms with Gasteiger partial charge in [0.2, 0.25) is 10.9 Å². The number of rotatable bonds is 4. The van der Waals surface area contributed by atoms with E-state index in [4.69, 9.17) is 4.74 Å². The number of fused-ring (bicyclic) bond motifs is 1. The molecule has 0 radical (unpaired) electrons. The first-order chi connectivity index (χ1) is 11.1. The van der Waals surface area contributed by atoms with Gasteiger partial charge in [-0.05, 0) is 12.1 Å². The molecule has 0 aliphatic rings. The molecule has 0 saturated heterocycles. The summed E-state index contributed by atoms with van der Waals surface area (Å²) in [5.74, 6) is -0.153. The number of anilines is 1. The number of carbonyl (C=O) groups excluding carboxylic acids is 1. The van der Waals surface area contributed by atoms with Crippen LogP contribution in [-0.2, 0) is 16.1 Å². The number of hydrogen-bond acceptors (Lipinski definition) is 6. The second-order valence-electron chi connectivity index (χ2n) is 4.81. The van der Waals surface area contributed by atoms with E-state index in [1.165, 1.54) is 22.8 Å². The van der Waals surface area contributed by atoms with Crippen molar-refractivity contribution in [1.82, 2.24) is 14.6 Å². The lowest BCUT2D eigenvalue weighted by molar-refractivity contribution is -0.114. The number of nitrogens with one attached hydrogen (secondary N) is 1. The van der Waals surface area contributed by atoms with Crippen LogP contribution in [0.25, 0.3) is 16.2 Å². The van der Waals surface area contributed by atoms with E-state index in [0.717, 1.165) is 10.6 Å². The molecule has 0 aliphatic carbocycles. The zero-order chi connectivity index (χ0) is 16.4. The van der Waals surface area contributed by atoms with Crippen LogP contribution in [0.3, 0.4) is 0 Å². The van der Waals surface area contributed by atoms with E-state index < -0.39 is 0 Å². The second kappa shape index (κ2) is 6.16. The molecule has 0 fully saturated rings. The highest BCUT2D eigenvalue weighted by atomic mass is 32.1. The van der Waals surface area contributed by atoms with Gasteiger partial charge >= 0.3 is 0 Å². The van der Waals surface area contributed by atoms with Crippen molar-refractivity contribution in [2.24, 2.45) is 0 Å². The standard InChI is InChI=1S/C15H13N5O2S/c1-9(21)17-11-5-3-4-10(6-11)14-12(7-16)20-15(18-14)23-13(19-20)8-22-2/h3-6H,8H2,1-2H3,(H,17,21). The van der Waals surface area contributed by atoms with Gasteiger partial charge in [-0.3, -0.25) is 4.79 Å². The maximum absolute atomic E-state index is 11.2. The van der Waals surface area contributed by atoms with Crippen molar-refractivity contribution < 1.29 is 9.53 Å². The average molecular weight is 327 g/mol. The summed E-state index contributed by atoms with van der Waals surface area (Å²) in [5.41, 5.74) is 2.31. The van der Waals surface area contributed by atoms with Crippen molar-refractivity contribution in [3.63, 3.8) is 0 Å². The van der Waals surface area contributed by atoms with Crippen molar-refractivity contribution in [1.29, 1.82) is 5.26 Å². The molecule has 23 heavy (non-hydrogen) atoms. The Kier molecular flexibility index (Phi) is 4.06. The van der Waals surface area contributed by atoms with Crippen LogP contribution in [-0.4, -0.2) is 27.6 Å². The van der Waals surface area contributed by atoms with Crippen LogP contribution >= 0.6 is 11.3 Å². The van der Waals surface area contributed by atoms with E-state index >= 15 is 0 Å². The number of hydrogen-bond donors (Lipinski definition) is 1. The Bertz CT molecular complexity index is 922. The summed E-state index contributed by atoms with van der Waals surface area (Å²) in [5, 5.41) is 17.3. The Morgan fingerprint density at radius 2 is 2.35 bits per heavy atom. The SMILES string of the molecule is COCc1nn2c(C#N)c(-c3cccc(NC(C)=O)c3)nc2s1. The van der Waals surface area contributed by atoms with Crippen molar-refractivity contribution in [3.05, 3.63) is 35.0 Å². The zero-order valence-electron chi connectivity index (χ0n) is 12.5. The van der Waals surface area contributed by atoms with Gasteiger partial charge in [-0.1, -0.05) is 23.5 Å². The molecule has 0 atom stereocenters. The fourth-order valence-electron chi connectivity index (χ4n) is 2.22. The van der Waals surface area contributed by atoms with E-state index in [1.54, 1.807) is 25.3 Å². The monoisotopic (exact) mass is 327 g/mol. The van der Waals surface area contributed by atoms with E-state index in [0.29, 0.717) is 28.6 Å². The highest BCUT2D eigenvalue weighted by Gasteiger charge is 2.18. The van der Waals surface area contributed by atoms with Crippen LogP contribution in [0.1, 0.15) is 17.6 Å². The summed E-state index contributed by atoms with van der Waals surface area (Å²) in [6.45, 7) is 1.83. The first-order valence-corrected chi connectivity index (χ1v) is 7.59. The van der Waals surface area contributed by atoms with E-state index in [2.05, 4.69) is 21.5 Å². The summed E-state index contributed by atoms with van der Waals surface area (Å²) >= 11 is 1.38. The van der Waals surface area contributed by atoms with Gasteiger partial charge in [0, 0.05) is 25.3 Å². The van der Waals surface area contributed by atoms with Crippen molar-refractivity contribution in [2.45, 2.75) is 13.5 Å². The van der Waals surface area contributed by atoms with Crippen LogP contribution in [0.2, 0.25) is 0 Å². The molecule has 0 spiro atoms. The lowest BCUT2D eigenvalue weighted by atomic mass is 10.1. The molecule has 1 N–H and O–H groups in total. The second-order valence-corrected chi connectivity index (χ2v) is 5.85. The van der Waals surface area contributed by atoms with Crippen LogP contribution in [0, 0.1) is 11.3 Å². The third kappa shape index (κ3) is 2.92. The van der Waals surface area contributed by atoms with Gasteiger partial charge in [0.25, 0.3) is 0 Å². The molecule has 116 valence electrons. The minimum absolute atomic E-state index is 0.153. The summed E-state index contributed by atoms with van der Waals surface area (Å²) in [7, 11) is 1.59. The fraction of sp³-hybridized carbons (Fsp3) is 0.200. The van der Waals surface area contributed by atoms with Gasteiger partial charge in [-0.2, -0.15) is 14.9 Å². The topological polar surface area (TPSA) is 92.3 Å². The summed E-state index contributed by atoms with van der Waals surface area (Å²) < 4.78 is 6.58. The summed E-state index contributed by atoms with van der Waals surface area (Å²) in [6, 6.07) is 9.36. The highest BCUT2D eigenvalue weighted by molar-refractivity contribution is 7.16. The van der Waals surface area contributed by atoms with Crippen LogP contribution < -0.4 is 5.32 Å². The molecule has 1 amide bonds. The first-order valence-electron chi connectivity index (χ1n) is 6.78. The molecule has 3 aromatic rings. The molecular weight excluding hydrogens is 314 g/mol. The number of imidazole rings is 1. The molecule has 0 bridgehead atoms. The van der Waals surface area contributed by atoms with Gasteiger partial charge in [-0.25, -0.2) is 4.98 Å². The van der Waals surface area contributed by atoms with Gasteiger partial charge in [-0.15, -0.1) is 0 Å². The van der Waals surface area contributed by atoms with Gasteiger partial charge in [0.15, 0.2) is 5.69 Å². The average Bonchev–Trinajstić information content (AvgIpc) is 3.04. The Balaban J connectivity index is 2.07. The third-order valence-corrected chi connectivity index (χ3v) is 3.96. The van der Waals surface area contributed by atoms with Crippen molar-refractivity contribution in [3.8, 4) is 17.3 Å². The maximum atomic E-state index is 11.2. The Morgan fingerprint density at radius 3 is 3.04 bits per heavy atom. The Hall–Kier alpha value is -2.76. The molecule has 7 nitrogen and oxygen atoms in total. The third-order valence-electron chi connectivity index (χ3n) is 3.08. The number of nitriles is 1. The van der Waals surface area contributed by atoms with E-state index in [1.807, 2.05) is 6.07 Å². The Labute approximate surface area is 136 Å². The molecule has 3 rings (SSSR count). The molecule has 0 saturated carbocycles. The predicted octanol–water partition coefficient (Wildman–Crippen LogP) is 2.43. The molecule has 2 heterocycles. The zero-order valence-corrected chi connectivity index (χ0v) is 13.3. The van der Waals surface area contributed by atoms with E-state index in [-0.39, 0.29) is 5.91 Å². The molecular formula is C15H13N5O2S. The summed E-state index contributed by atoms with van der Waals surface area (Å²) in [6.07, 6.45) is 0. The van der Waals surface area contributed by atoms with Crippen LogP contribution in [0.4, 0.5) is 5.69 Å². The van der Waals surface area contributed by atoms with Gasteiger partial charge < -0.3 is 10.1 Å². The number of carbonyl (C=O) groups is 1. The largest absolute Gasteiger partial charge is 0.377 e. The molecule has 2 aromatic heterocycles. The number of nitrogens with zero attached hydrogens (tertiary/aromatic N) is 4. The molecule has 1 aromatic carbocycles. The molecule has 0 unspecified atom stereocenters. The number of methoxy groups -OCH3 is 1. The Morgan fingerprint density at radius 1 is 1.52 bits per heavy atom.